The third kappa shape index (κ3) is 3.90. The van der Waals surface area contributed by atoms with Crippen LogP contribution in [-0.2, 0) is 0 Å². The maximum atomic E-state index is 3.58. The third-order valence-corrected chi connectivity index (χ3v) is 6.79. The summed E-state index contributed by atoms with van der Waals surface area (Å²) in [6, 6.07) is 0.773. The molecule has 2 aliphatic carbocycles. The molecule has 0 heterocycles. The van der Waals surface area contributed by atoms with Gasteiger partial charge in [-0.05, 0) is 51.0 Å². The first-order chi connectivity index (χ1) is 8.72. The maximum absolute atomic E-state index is 3.58. The van der Waals surface area contributed by atoms with Crippen LogP contribution in [0.25, 0.3) is 0 Å². The van der Waals surface area contributed by atoms with Gasteiger partial charge in [0.1, 0.15) is 0 Å². The number of thioether (sulfide) groups is 1. The molecule has 5 unspecified atom stereocenters. The maximum Gasteiger partial charge on any atom is 0.0206 e. The second-order valence-electron chi connectivity index (χ2n) is 6.55. The highest BCUT2D eigenvalue weighted by molar-refractivity contribution is 8.00. The Labute approximate surface area is 118 Å². The van der Waals surface area contributed by atoms with Crippen LogP contribution in [-0.4, -0.2) is 23.6 Å². The van der Waals surface area contributed by atoms with E-state index in [0.717, 1.165) is 28.4 Å². The SMILES string of the molecule is CCC1CCC(NC)C(SC2CCCC(C)C2)C1. The zero-order chi connectivity index (χ0) is 13.0. The van der Waals surface area contributed by atoms with Gasteiger partial charge in [0.05, 0.1) is 0 Å². The van der Waals surface area contributed by atoms with E-state index in [2.05, 4.69) is 38.0 Å². The van der Waals surface area contributed by atoms with Crippen molar-refractivity contribution in [2.45, 2.75) is 81.8 Å². The fourth-order valence-corrected chi connectivity index (χ4v) is 5.89. The molecule has 0 aromatic carbocycles. The molecule has 0 amide bonds. The smallest absolute Gasteiger partial charge is 0.0206 e. The summed E-state index contributed by atoms with van der Waals surface area (Å²) in [6.07, 6.45) is 11.6. The lowest BCUT2D eigenvalue weighted by molar-refractivity contribution is 0.302. The molecular weight excluding hydrogens is 238 g/mol. The van der Waals surface area contributed by atoms with Crippen LogP contribution in [0.1, 0.15) is 65.2 Å². The second kappa shape index (κ2) is 7.19. The minimum absolute atomic E-state index is 0.773. The summed E-state index contributed by atoms with van der Waals surface area (Å²) in [5.74, 6) is 1.96. The van der Waals surface area contributed by atoms with E-state index in [4.69, 9.17) is 0 Å². The van der Waals surface area contributed by atoms with Crippen molar-refractivity contribution in [2.24, 2.45) is 11.8 Å². The Kier molecular flexibility index (Phi) is 5.88. The van der Waals surface area contributed by atoms with Crippen LogP contribution in [0.15, 0.2) is 0 Å². The molecule has 5 atom stereocenters. The average molecular weight is 269 g/mol. The summed E-state index contributed by atoms with van der Waals surface area (Å²) in [5.41, 5.74) is 0. The zero-order valence-electron chi connectivity index (χ0n) is 12.5. The highest BCUT2D eigenvalue weighted by Gasteiger charge is 2.32. The molecule has 106 valence electrons. The summed E-state index contributed by atoms with van der Waals surface area (Å²) < 4.78 is 0. The first kappa shape index (κ1) is 14.7. The lowest BCUT2D eigenvalue weighted by Gasteiger charge is -2.38. The Morgan fingerprint density at radius 3 is 2.61 bits per heavy atom. The zero-order valence-corrected chi connectivity index (χ0v) is 13.3. The minimum atomic E-state index is 0.773. The van der Waals surface area contributed by atoms with E-state index in [-0.39, 0.29) is 0 Å². The van der Waals surface area contributed by atoms with Gasteiger partial charge in [0.2, 0.25) is 0 Å². The van der Waals surface area contributed by atoms with E-state index < -0.39 is 0 Å². The lowest BCUT2D eigenvalue weighted by atomic mass is 9.84. The van der Waals surface area contributed by atoms with Gasteiger partial charge in [0.15, 0.2) is 0 Å². The highest BCUT2D eigenvalue weighted by Crippen LogP contribution is 2.40. The molecule has 1 N–H and O–H groups in total. The fourth-order valence-electron chi connectivity index (χ4n) is 3.81. The number of hydrogen-bond donors (Lipinski definition) is 1. The van der Waals surface area contributed by atoms with Gasteiger partial charge >= 0.3 is 0 Å². The number of nitrogens with one attached hydrogen (secondary N) is 1. The summed E-state index contributed by atoms with van der Waals surface area (Å²) in [4.78, 5) is 0. The van der Waals surface area contributed by atoms with Crippen LogP contribution in [0.2, 0.25) is 0 Å². The molecule has 0 aromatic rings. The van der Waals surface area contributed by atoms with Gasteiger partial charge in [0, 0.05) is 16.5 Å². The van der Waals surface area contributed by atoms with Gasteiger partial charge in [-0.25, -0.2) is 0 Å². The van der Waals surface area contributed by atoms with Crippen molar-refractivity contribution in [3.63, 3.8) is 0 Å². The van der Waals surface area contributed by atoms with Crippen molar-refractivity contribution in [2.75, 3.05) is 7.05 Å². The van der Waals surface area contributed by atoms with Crippen molar-refractivity contribution < 1.29 is 0 Å². The van der Waals surface area contributed by atoms with Crippen molar-refractivity contribution in [1.82, 2.24) is 5.32 Å². The molecule has 2 fully saturated rings. The normalized spacial score (nSPS) is 41.8. The van der Waals surface area contributed by atoms with Crippen LogP contribution < -0.4 is 5.32 Å². The molecule has 1 nitrogen and oxygen atoms in total. The molecule has 0 saturated heterocycles. The van der Waals surface area contributed by atoms with Crippen LogP contribution in [0, 0.1) is 11.8 Å². The second-order valence-corrected chi connectivity index (χ2v) is 8.10. The van der Waals surface area contributed by atoms with Crippen LogP contribution in [0.3, 0.4) is 0 Å². The average Bonchev–Trinajstić information content (AvgIpc) is 2.38. The number of rotatable bonds is 4. The van der Waals surface area contributed by atoms with E-state index in [0.29, 0.717) is 0 Å². The Bertz CT molecular complexity index is 243. The quantitative estimate of drug-likeness (QED) is 0.808. The molecule has 0 spiro atoms. The van der Waals surface area contributed by atoms with Gasteiger partial charge in [0.25, 0.3) is 0 Å². The third-order valence-electron chi connectivity index (χ3n) is 5.10. The van der Waals surface area contributed by atoms with Gasteiger partial charge in [-0.3, -0.25) is 0 Å². The van der Waals surface area contributed by atoms with Crippen LogP contribution in [0.4, 0.5) is 0 Å². The Hall–Kier alpha value is 0.310. The molecular formula is C16H31NS. The first-order valence-electron chi connectivity index (χ1n) is 8.05. The van der Waals surface area contributed by atoms with E-state index >= 15 is 0 Å². The standard InChI is InChI=1S/C16H31NS/c1-4-13-8-9-15(17-3)16(11-13)18-14-7-5-6-12(2)10-14/h12-17H,4-11H2,1-3H3. The van der Waals surface area contributed by atoms with Crippen LogP contribution >= 0.6 is 11.8 Å². The summed E-state index contributed by atoms with van der Waals surface area (Å²) >= 11 is 2.33. The Balaban J connectivity index is 1.87. The minimum Gasteiger partial charge on any atom is -0.316 e. The van der Waals surface area contributed by atoms with Gasteiger partial charge in [-0.2, -0.15) is 11.8 Å². The number of hydrogen-bond acceptors (Lipinski definition) is 2. The topological polar surface area (TPSA) is 12.0 Å². The molecule has 0 radical (unpaired) electrons. The van der Waals surface area contributed by atoms with E-state index in [1.807, 2.05) is 0 Å². The molecule has 2 aliphatic rings. The van der Waals surface area contributed by atoms with Gasteiger partial charge in [-0.1, -0.05) is 33.1 Å². The highest BCUT2D eigenvalue weighted by atomic mass is 32.2. The molecule has 18 heavy (non-hydrogen) atoms. The van der Waals surface area contributed by atoms with Crippen molar-refractivity contribution >= 4 is 11.8 Å². The fraction of sp³-hybridized carbons (Fsp3) is 1.00. The summed E-state index contributed by atoms with van der Waals surface area (Å²) in [5, 5.41) is 5.41. The predicted molar refractivity (Wildman–Crippen MR) is 83.3 cm³/mol. The summed E-state index contributed by atoms with van der Waals surface area (Å²) in [7, 11) is 2.16. The molecule has 2 saturated carbocycles. The lowest BCUT2D eigenvalue weighted by Crippen LogP contribution is -2.41. The van der Waals surface area contributed by atoms with Crippen molar-refractivity contribution in [1.29, 1.82) is 0 Å². The molecule has 0 bridgehead atoms. The van der Waals surface area contributed by atoms with Gasteiger partial charge < -0.3 is 5.32 Å². The molecule has 0 aromatic heterocycles. The first-order valence-corrected chi connectivity index (χ1v) is 8.99. The van der Waals surface area contributed by atoms with Crippen molar-refractivity contribution in [3.8, 4) is 0 Å². The molecule has 2 heteroatoms. The monoisotopic (exact) mass is 269 g/mol. The van der Waals surface area contributed by atoms with E-state index in [1.165, 1.54) is 51.4 Å². The van der Waals surface area contributed by atoms with Crippen LogP contribution in [0.5, 0.6) is 0 Å². The Morgan fingerprint density at radius 2 is 1.94 bits per heavy atom. The largest absolute Gasteiger partial charge is 0.316 e. The molecule has 2 rings (SSSR count). The van der Waals surface area contributed by atoms with E-state index in [9.17, 15) is 0 Å². The van der Waals surface area contributed by atoms with Gasteiger partial charge in [-0.15, -0.1) is 0 Å². The summed E-state index contributed by atoms with van der Waals surface area (Å²) in [6.45, 7) is 4.81. The van der Waals surface area contributed by atoms with Crippen molar-refractivity contribution in [3.05, 3.63) is 0 Å². The Morgan fingerprint density at radius 1 is 1.11 bits per heavy atom. The molecule has 0 aliphatic heterocycles. The van der Waals surface area contributed by atoms with E-state index in [1.54, 1.807) is 0 Å². The predicted octanol–water partition coefficient (Wildman–Crippen LogP) is 4.47.